The van der Waals surface area contributed by atoms with Crippen LogP contribution in [0.2, 0.25) is 0 Å². The third-order valence-corrected chi connectivity index (χ3v) is 4.30. The molecular formula is C14H15BrN2O. The van der Waals surface area contributed by atoms with E-state index in [0.717, 1.165) is 15.9 Å². The van der Waals surface area contributed by atoms with Crippen LogP contribution in [-0.4, -0.2) is 9.78 Å². The lowest BCUT2D eigenvalue weighted by molar-refractivity contribution is 0.676. The molecule has 2 aromatic rings. The molecule has 1 aliphatic rings. The van der Waals surface area contributed by atoms with E-state index in [0.29, 0.717) is 5.92 Å². The highest BCUT2D eigenvalue weighted by molar-refractivity contribution is 9.10. The average molecular weight is 307 g/mol. The first-order valence-electron chi connectivity index (χ1n) is 6.32. The molecule has 0 spiro atoms. The number of aromatic nitrogens is 2. The summed E-state index contributed by atoms with van der Waals surface area (Å²) in [5, 5.41) is 3.25. The maximum Gasteiger partial charge on any atom is 0.271 e. The van der Waals surface area contributed by atoms with Gasteiger partial charge in [0.25, 0.3) is 5.56 Å². The van der Waals surface area contributed by atoms with Crippen molar-refractivity contribution in [3.63, 3.8) is 0 Å². The van der Waals surface area contributed by atoms with E-state index in [-0.39, 0.29) is 5.56 Å². The summed E-state index contributed by atoms with van der Waals surface area (Å²) in [7, 11) is 0. The largest absolute Gasteiger partial charge is 0.295 e. The van der Waals surface area contributed by atoms with Crippen LogP contribution in [0.5, 0.6) is 0 Å². The fourth-order valence-electron chi connectivity index (χ4n) is 2.67. The standard InChI is InChI=1S/C14H15BrN2O/c15-11-7-3-4-8-13(11)17-14(18)9-12(16-17)10-5-1-2-6-10/h3-4,7-10,16H,1-2,5-6H2. The predicted octanol–water partition coefficient (Wildman–Crippen LogP) is 3.59. The highest BCUT2D eigenvalue weighted by Gasteiger charge is 2.20. The van der Waals surface area contributed by atoms with Crippen LogP contribution < -0.4 is 5.56 Å². The van der Waals surface area contributed by atoms with E-state index < -0.39 is 0 Å². The summed E-state index contributed by atoms with van der Waals surface area (Å²) in [4.78, 5) is 12.1. The van der Waals surface area contributed by atoms with Crippen molar-refractivity contribution < 1.29 is 0 Å². The fraction of sp³-hybridized carbons (Fsp3) is 0.357. The lowest BCUT2D eigenvalue weighted by Gasteiger charge is -2.07. The van der Waals surface area contributed by atoms with Crippen LogP contribution in [0.3, 0.4) is 0 Å². The van der Waals surface area contributed by atoms with Crippen LogP contribution in [0.1, 0.15) is 37.3 Å². The van der Waals surface area contributed by atoms with Crippen molar-refractivity contribution in [3.8, 4) is 5.69 Å². The van der Waals surface area contributed by atoms with Gasteiger partial charge in [-0.25, -0.2) is 4.68 Å². The zero-order chi connectivity index (χ0) is 12.5. The third kappa shape index (κ3) is 2.05. The Kier molecular flexibility index (Phi) is 3.12. The molecule has 0 amide bonds. The molecule has 1 fully saturated rings. The molecular weight excluding hydrogens is 292 g/mol. The van der Waals surface area contributed by atoms with E-state index in [9.17, 15) is 4.79 Å². The highest BCUT2D eigenvalue weighted by atomic mass is 79.9. The number of hydrogen-bond acceptors (Lipinski definition) is 1. The molecule has 0 radical (unpaired) electrons. The normalized spacial score (nSPS) is 16.3. The summed E-state index contributed by atoms with van der Waals surface area (Å²) in [6.07, 6.45) is 4.92. The summed E-state index contributed by atoms with van der Waals surface area (Å²) in [5.41, 5.74) is 1.96. The molecule has 94 valence electrons. The Morgan fingerprint density at radius 1 is 1.22 bits per heavy atom. The van der Waals surface area contributed by atoms with Crippen LogP contribution in [0, 0.1) is 0 Å². The SMILES string of the molecule is O=c1cc(C2CCCC2)[nH]n1-c1ccccc1Br. The summed E-state index contributed by atoms with van der Waals surface area (Å²) in [6, 6.07) is 9.50. The molecule has 1 heterocycles. The second-order valence-corrected chi connectivity index (χ2v) is 5.67. The molecule has 0 aliphatic heterocycles. The van der Waals surface area contributed by atoms with Gasteiger partial charge in [-0.15, -0.1) is 0 Å². The fourth-order valence-corrected chi connectivity index (χ4v) is 3.13. The molecule has 0 atom stereocenters. The van der Waals surface area contributed by atoms with Crippen molar-refractivity contribution in [1.29, 1.82) is 0 Å². The number of H-pyrrole nitrogens is 1. The maximum atomic E-state index is 12.1. The number of rotatable bonds is 2. The van der Waals surface area contributed by atoms with Gasteiger partial charge in [0.2, 0.25) is 0 Å². The van der Waals surface area contributed by atoms with E-state index >= 15 is 0 Å². The van der Waals surface area contributed by atoms with Gasteiger partial charge in [0, 0.05) is 22.2 Å². The Morgan fingerprint density at radius 2 is 1.94 bits per heavy atom. The van der Waals surface area contributed by atoms with Crippen LogP contribution in [0.4, 0.5) is 0 Å². The van der Waals surface area contributed by atoms with Crippen LogP contribution in [-0.2, 0) is 0 Å². The zero-order valence-electron chi connectivity index (χ0n) is 10.0. The number of nitrogens with one attached hydrogen (secondary N) is 1. The van der Waals surface area contributed by atoms with Gasteiger partial charge in [-0.1, -0.05) is 25.0 Å². The van der Waals surface area contributed by atoms with E-state index in [4.69, 9.17) is 0 Å². The van der Waals surface area contributed by atoms with Crippen LogP contribution in [0.15, 0.2) is 39.6 Å². The van der Waals surface area contributed by atoms with E-state index in [1.807, 2.05) is 24.3 Å². The molecule has 0 bridgehead atoms. The summed E-state index contributed by atoms with van der Waals surface area (Å²) in [6.45, 7) is 0. The minimum absolute atomic E-state index is 0.0174. The molecule has 0 unspecified atom stereocenters. The van der Waals surface area contributed by atoms with Crippen LogP contribution in [0.25, 0.3) is 5.69 Å². The average Bonchev–Trinajstić information content (AvgIpc) is 2.99. The number of benzene rings is 1. The zero-order valence-corrected chi connectivity index (χ0v) is 11.6. The lowest BCUT2D eigenvalue weighted by atomic mass is 10.1. The lowest BCUT2D eigenvalue weighted by Crippen LogP contribution is -2.13. The first-order valence-corrected chi connectivity index (χ1v) is 7.12. The van der Waals surface area contributed by atoms with Crippen molar-refractivity contribution in [2.45, 2.75) is 31.6 Å². The Hall–Kier alpha value is -1.29. The smallest absolute Gasteiger partial charge is 0.271 e. The number of aromatic amines is 1. The first kappa shape index (κ1) is 11.8. The molecule has 18 heavy (non-hydrogen) atoms. The van der Waals surface area contributed by atoms with Gasteiger partial charge in [0.05, 0.1) is 5.69 Å². The highest BCUT2D eigenvalue weighted by Crippen LogP contribution is 2.32. The minimum Gasteiger partial charge on any atom is -0.295 e. The van der Waals surface area contributed by atoms with Crippen molar-refractivity contribution >= 4 is 15.9 Å². The molecule has 0 saturated heterocycles. The molecule has 3 rings (SSSR count). The minimum atomic E-state index is 0.0174. The third-order valence-electron chi connectivity index (χ3n) is 3.63. The molecule has 4 heteroatoms. The Balaban J connectivity index is 2.03. The van der Waals surface area contributed by atoms with Gasteiger partial charge in [-0.2, -0.15) is 0 Å². The Bertz CT molecular complexity index is 608. The molecule has 1 aliphatic carbocycles. The molecule has 1 saturated carbocycles. The number of hydrogen-bond donors (Lipinski definition) is 1. The predicted molar refractivity (Wildman–Crippen MR) is 75.3 cm³/mol. The number of halogens is 1. The van der Waals surface area contributed by atoms with Gasteiger partial charge in [0.15, 0.2) is 0 Å². The monoisotopic (exact) mass is 306 g/mol. The van der Waals surface area contributed by atoms with Gasteiger partial charge in [-0.3, -0.25) is 9.89 Å². The Morgan fingerprint density at radius 3 is 2.67 bits per heavy atom. The maximum absolute atomic E-state index is 12.1. The molecule has 1 N–H and O–H groups in total. The van der Waals surface area contributed by atoms with Gasteiger partial charge in [-0.05, 0) is 40.9 Å². The second-order valence-electron chi connectivity index (χ2n) is 4.82. The van der Waals surface area contributed by atoms with Crippen LogP contribution >= 0.6 is 15.9 Å². The molecule has 3 nitrogen and oxygen atoms in total. The second kappa shape index (κ2) is 4.76. The van der Waals surface area contributed by atoms with E-state index in [2.05, 4.69) is 21.0 Å². The van der Waals surface area contributed by atoms with Crippen molar-refractivity contribution in [2.24, 2.45) is 0 Å². The first-order chi connectivity index (χ1) is 8.75. The summed E-state index contributed by atoms with van der Waals surface area (Å²) in [5.74, 6) is 0.529. The van der Waals surface area contributed by atoms with E-state index in [1.54, 1.807) is 10.7 Å². The molecule has 1 aromatic heterocycles. The topological polar surface area (TPSA) is 37.8 Å². The number of para-hydroxylation sites is 1. The Labute approximate surface area is 114 Å². The summed E-state index contributed by atoms with van der Waals surface area (Å²) >= 11 is 3.48. The van der Waals surface area contributed by atoms with Crippen molar-refractivity contribution in [3.05, 3.63) is 50.9 Å². The van der Waals surface area contributed by atoms with Gasteiger partial charge >= 0.3 is 0 Å². The van der Waals surface area contributed by atoms with E-state index in [1.165, 1.54) is 25.7 Å². The van der Waals surface area contributed by atoms with Crippen molar-refractivity contribution in [2.75, 3.05) is 0 Å². The van der Waals surface area contributed by atoms with Gasteiger partial charge in [0.1, 0.15) is 0 Å². The molecule has 1 aromatic carbocycles. The quantitative estimate of drug-likeness (QED) is 0.904. The van der Waals surface area contributed by atoms with Gasteiger partial charge < -0.3 is 0 Å². The number of nitrogens with zero attached hydrogens (tertiary/aromatic N) is 1. The summed E-state index contributed by atoms with van der Waals surface area (Å²) < 4.78 is 2.55. The van der Waals surface area contributed by atoms with Crippen molar-refractivity contribution in [1.82, 2.24) is 9.78 Å².